The van der Waals surface area contributed by atoms with Gasteiger partial charge in [-0.3, -0.25) is 0 Å². The zero-order valence-electron chi connectivity index (χ0n) is 15.1. The Morgan fingerprint density at radius 2 is 1.81 bits per heavy atom. The number of esters is 1. The predicted octanol–water partition coefficient (Wildman–Crippen LogP) is 3.60. The van der Waals surface area contributed by atoms with Crippen molar-refractivity contribution in [1.29, 1.82) is 0 Å². The number of aromatic nitrogens is 3. The number of ether oxygens (including phenoxy) is 2. The lowest BCUT2D eigenvalue weighted by atomic mass is 10.0. The van der Waals surface area contributed by atoms with Crippen LogP contribution in [0.5, 0.6) is 0 Å². The van der Waals surface area contributed by atoms with Crippen LogP contribution in [0.1, 0.15) is 24.2 Å². The zero-order valence-corrected chi connectivity index (χ0v) is 15.1. The highest BCUT2D eigenvalue weighted by Crippen LogP contribution is 2.30. The van der Waals surface area contributed by atoms with Crippen LogP contribution in [-0.2, 0) is 14.3 Å². The molecule has 6 nitrogen and oxygen atoms in total. The van der Waals surface area contributed by atoms with Crippen LogP contribution < -0.4 is 0 Å². The molecule has 0 radical (unpaired) electrons. The first-order valence-electron chi connectivity index (χ1n) is 8.71. The summed E-state index contributed by atoms with van der Waals surface area (Å²) in [4.78, 5) is 15.9. The normalized spacial score (nSPS) is 12.6. The quantitative estimate of drug-likeness (QED) is 0.572. The average molecular weight is 363 g/mol. The second-order valence-electron chi connectivity index (χ2n) is 5.73. The van der Waals surface area contributed by atoms with Crippen LogP contribution >= 0.6 is 0 Å². The first-order valence-corrected chi connectivity index (χ1v) is 8.71. The van der Waals surface area contributed by atoms with Gasteiger partial charge in [0.2, 0.25) is 0 Å². The largest absolute Gasteiger partial charge is 0.464 e. The molecule has 27 heavy (non-hydrogen) atoms. The molecule has 0 aliphatic carbocycles. The Kier molecular flexibility index (Phi) is 6.49. The molecule has 0 fully saturated rings. The number of hydrogen-bond donors (Lipinski definition) is 0. The summed E-state index contributed by atoms with van der Waals surface area (Å²) in [7, 11) is 0. The molecule has 3 rings (SSSR count). The van der Waals surface area contributed by atoms with E-state index in [0.29, 0.717) is 6.61 Å². The van der Waals surface area contributed by atoms with E-state index < -0.39 is 12.1 Å². The Balaban J connectivity index is 1.99. The minimum absolute atomic E-state index is 0.159. The molecule has 0 N–H and O–H groups in total. The Morgan fingerprint density at radius 3 is 2.44 bits per heavy atom. The number of rotatable bonds is 8. The summed E-state index contributed by atoms with van der Waals surface area (Å²) in [5.74, 6) is -0.406. The van der Waals surface area contributed by atoms with E-state index in [1.165, 1.54) is 6.33 Å². The van der Waals surface area contributed by atoms with Gasteiger partial charge in [-0.05, 0) is 24.1 Å². The summed E-state index contributed by atoms with van der Waals surface area (Å²) < 4.78 is 12.6. The van der Waals surface area contributed by atoms with Crippen molar-refractivity contribution in [1.82, 2.24) is 14.8 Å². The van der Waals surface area contributed by atoms with Gasteiger partial charge in [-0.1, -0.05) is 60.7 Å². The van der Waals surface area contributed by atoms with Gasteiger partial charge in [-0.25, -0.2) is 14.5 Å². The highest BCUT2D eigenvalue weighted by Gasteiger charge is 2.21. The third kappa shape index (κ3) is 5.12. The molecule has 3 aromatic rings. The maximum absolute atomic E-state index is 11.8. The lowest BCUT2D eigenvalue weighted by Gasteiger charge is -2.21. The number of hydrogen-bond acceptors (Lipinski definition) is 5. The summed E-state index contributed by atoms with van der Waals surface area (Å²) in [6, 6.07) is 19.5. The van der Waals surface area contributed by atoms with E-state index in [4.69, 9.17) is 9.47 Å². The molecule has 0 bridgehead atoms. The lowest BCUT2D eigenvalue weighted by molar-refractivity contribution is -0.149. The van der Waals surface area contributed by atoms with E-state index in [1.807, 2.05) is 66.7 Å². The van der Waals surface area contributed by atoms with Gasteiger partial charge in [-0.15, -0.1) is 0 Å². The van der Waals surface area contributed by atoms with Crippen molar-refractivity contribution in [3.05, 3.63) is 84.4 Å². The predicted molar refractivity (Wildman–Crippen MR) is 102 cm³/mol. The number of nitrogens with zero attached hydrogens (tertiary/aromatic N) is 3. The van der Waals surface area contributed by atoms with Crippen molar-refractivity contribution in [2.24, 2.45) is 0 Å². The van der Waals surface area contributed by atoms with Gasteiger partial charge < -0.3 is 9.47 Å². The molecule has 1 heterocycles. The van der Waals surface area contributed by atoms with Crippen molar-refractivity contribution < 1.29 is 14.3 Å². The van der Waals surface area contributed by atoms with Crippen molar-refractivity contribution in [2.75, 3.05) is 13.2 Å². The van der Waals surface area contributed by atoms with E-state index in [1.54, 1.807) is 17.9 Å². The Morgan fingerprint density at radius 1 is 1.11 bits per heavy atom. The molecule has 1 unspecified atom stereocenters. The van der Waals surface area contributed by atoms with E-state index in [9.17, 15) is 4.79 Å². The smallest absolute Gasteiger partial charge is 0.332 e. The molecular formula is C21H21N3O3. The van der Waals surface area contributed by atoms with E-state index in [0.717, 1.165) is 16.8 Å². The van der Waals surface area contributed by atoms with Crippen molar-refractivity contribution in [2.45, 2.75) is 13.0 Å². The SMILES string of the molecule is CCOC(=O)COC(C(=Cc1ccccc1)n1cncn1)c1ccccc1. The Hall–Kier alpha value is -3.25. The summed E-state index contributed by atoms with van der Waals surface area (Å²) in [6.45, 7) is 1.92. The fourth-order valence-corrected chi connectivity index (χ4v) is 2.66. The summed E-state index contributed by atoms with van der Waals surface area (Å²) >= 11 is 0. The maximum atomic E-state index is 11.8. The fraction of sp³-hybridized carbons (Fsp3) is 0.190. The molecule has 0 amide bonds. The monoisotopic (exact) mass is 363 g/mol. The third-order valence-electron chi connectivity index (χ3n) is 3.84. The van der Waals surface area contributed by atoms with Crippen LogP contribution in [0.25, 0.3) is 11.8 Å². The van der Waals surface area contributed by atoms with Crippen LogP contribution in [0.4, 0.5) is 0 Å². The topological polar surface area (TPSA) is 66.2 Å². The summed E-state index contributed by atoms with van der Waals surface area (Å²) in [6.07, 6.45) is 4.53. The molecule has 0 aliphatic heterocycles. The van der Waals surface area contributed by atoms with E-state index >= 15 is 0 Å². The lowest BCUT2D eigenvalue weighted by Crippen LogP contribution is -2.18. The first kappa shape index (κ1) is 18.5. The van der Waals surface area contributed by atoms with Crippen molar-refractivity contribution in [3.8, 4) is 0 Å². The van der Waals surface area contributed by atoms with Gasteiger partial charge in [0, 0.05) is 0 Å². The second-order valence-corrected chi connectivity index (χ2v) is 5.73. The van der Waals surface area contributed by atoms with Crippen LogP contribution in [-0.4, -0.2) is 33.9 Å². The molecule has 0 saturated carbocycles. The number of carbonyl (C=O) groups excluding carboxylic acids is 1. The molecule has 0 saturated heterocycles. The molecule has 0 spiro atoms. The molecule has 1 aromatic heterocycles. The van der Waals surface area contributed by atoms with Crippen LogP contribution in [0.15, 0.2) is 73.3 Å². The molecule has 0 aliphatic rings. The van der Waals surface area contributed by atoms with Gasteiger partial charge in [0.05, 0.1) is 12.3 Å². The molecular weight excluding hydrogens is 342 g/mol. The van der Waals surface area contributed by atoms with Gasteiger partial charge in [0.1, 0.15) is 25.4 Å². The van der Waals surface area contributed by atoms with Gasteiger partial charge in [0.15, 0.2) is 0 Å². The molecule has 2 aromatic carbocycles. The summed E-state index contributed by atoms with van der Waals surface area (Å²) in [5.41, 5.74) is 2.64. The van der Waals surface area contributed by atoms with Crippen molar-refractivity contribution in [3.63, 3.8) is 0 Å². The fourth-order valence-electron chi connectivity index (χ4n) is 2.66. The standard InChI is InChI=1S/C21H21N3O3/c1-2-26-20(25)14-27-21(18-11-7-4-8-12-18)19(24-16-22-15-23-24)13-17-9-5-3-6-10-17/h3-13,15-16,21H,2,14H2,1H3. The van der Waals surface area contributed by atoms with Crippen LogP contribution in [0.2, 0.25) is 0 Å². The second kappa shape index (κ2) is 9.45. The molecule has 138 valence electrons. The minimum atomic E-state index is -0.516. The Bertz CT molecular complexity index is 862. The highest BCUT2D eigenvalue weighted by molar-refractivity contribution is 5.74. The van der Waals surface area contributed by atoms with Gasteiger partial charge in [-0.2, -0.15) is 5.10 Å². The summed E-state index contributed by atoms with van der Waals surface area (Å²) in [5, 5.41) is 4.26. The van der Waals surface area contributed by atoms with E-state index in [-0.39, 0.29) is 6.61 Å². The van der Waals surface area contributed by atoms with Crippen molar-refractivity contribution >= 4 is 17.7 Å². The van der Waals surface area contributed by atoms with Crippen LogP contribution in [0.3, 0.4) is 0 Å². The first-order chi connectivity index (χ1) is 13.3. The highest BCUT2D eigenvalue weighted by atomic mass is 16.6. The zero-order chi connectivity index (χ0) is 18.9. The molecule has 6 heteroatoms. The average Bonchev–Trinajstić information content (AvgIpc) is 3.24. The maximum Gasteiger partial charge on any atom is 0.332 e. The van der Waals surface area contributed by atoms with Crippen LogP contribution in [0, 0.1) is 0 Å². The Labute approximate surface area is 158 Å². The third-order valence-corrected chi connectivity index (χ3v) is 3.84. The van der Waals surface area contributed by atoms with Gasteiger partial charge in [0.25, 0.3) is 0 Å². The van der Waals surface area contributed by atoms with E-state index in [2.05, 4.69) is 10.1 Å². The minimum Gasteiger partial charge on any atom is -0.464 e. The van der Waals surface area contributed by atoms with Gasteiger partial charge >= 0.3 is 5.97 Å². The molecule has 1 atom stereocenters. The number of carbonyl (C=O) groups is 1. The number of benzene rings is 2.